The van der Waals surface area contributed by atoms with Gasteiger partial charge in [0, 0.05) is 37.0 Å². The highest BCUT2D eigenvalue weighted by molar-refractivity contribution is 7.80. The van der Waals surface area contributed by atoms with Crippen molar-refractivity contribution in [1.29, 1.82) is 5.26 Å². The van der Waals surface area contributed by atoms with Gasteiger partial charge in [0.1, 0.15) is 30.0 Å². The second-order valence-corrected chi connectivity index (χ2v) is 8.88. The second-order valence-electron chi connectivity index (χ2n) is 8.54. The van der Waals surface area contributed by atoms with Gasteiger partial charge in [-0.15, -0.1) is 0 Å². The Labute approximate surface area is 209 Å². The summed E-state index contributed by atoms with van der Waals surface area (Å²) in [5.74, 6) is 0.785. The number of aryl methyl sites for hydroxylation is 1. The summed E-state index contributed by atoms with van der Waals surface area (Å²) in [6, 6.07) is 5.46. The molecule has 2 aromatic heterocycles. The van der Waals surface area contributed by atoms with Gasteiger partial charge in [0.15, 0.2) is 6.29 Å². The average molecular weight is 494 g/mol. The number of carbonyl (C=O) groups is 2. The number of aldehydes is 1. The number of urea groups is 1. The SMILES string of the molecule is CC[C@@H](C)Nc1cc(NC(=O)N2CCCc3cc(CN4CCOC4=S)c(C=O)nc32)ncc1C#N. The fourth-order valence-electron chi connectivity index (χ4n) is 4.04. The summed E-state index contributed by atoms with van der Waals surface area (Å²) >= 11 is 5.22. The number of rotatable bonds is 7. The first-order valence-electron chi connectivity index (χ1n) is 11.6. The van der Waals surface area contributed by atoms with Crippen LogP contribution in [0.2, 0.25) is 0 Å². The van der Waals surface area contributed by atoms with Gasteiger partial charge in [-0.1, -0.05) is 6.92 Å². The third-order valence-corrected chi connectivity index (χ3v) is 6.49. The van der Waals surface area contributed by atoms with Gasteiger partial charge >= 0.3 is 6.03 Å². The summed E-state index contributed by atoms with van der Waals surface area (Å²) in [6.45, 7) is 6.13. The van der Waals surface area contributed by atoms with E-state index < -0.39 is 6.03 Å². The summed E-state index contributed by atoms with van der Waals surface area (Å²) in [4.78, 5) is 37.2. The minimum absolute atomic E-state index is 0.156. The highest BCUT2D eigenvalue weighted by atomic mass is 32.1. The molecule has 0 bridgehead atoms. The summed E-state index contributed by atoms with van der Waals surface area (Å²) < 4.78 is 5.34. The van der Waals surface area contributed by atoms with E-state index >= 15 is 0 Å². The fourth-order valence-corrected chi connectivity index (χ4v) is 4.28. The maximum absolute atomic E-state index is 13.2. The van der Waals surface area contributed by atoms with E-state index in [0.717, 1.165) is 30.4 Å². The van der Waals surface area contributed by atoms with Crippen molar-refractivity contribution in [2.75, 3.05) is 35.2 Å². The largest absolute Gasteiger partial charge is 0.469 e. The molecule has 1 saturated heterocycles. The zero-order valence-corrected chi connectivity index (χ0v) is 20.5. The Balaban J connectivity index is 1.56. The summed E-state index contributed by atoms with van der Waals surface area (Å²) in [5.41, 5.74) is 2.93. The first kappa shape index (κ1) is 24.3. The number of nitriles is 1. The average Bonchev–Trinajstić information content (AvgIpc) is 3.27. The predicted molar refractivity (Wildman–Crippen MR) is 136 cm³/mol. The number of pyridine rings is 2. The molecule has 1 atom stereocenters. The second kappa shape index (κ2) is 10.7. The predicted octanol–water partition coefficient (Wildman–Crippen LogP) is 3.47. The number of nitrogens with zero attached hydrogens (tertiary/aromatic N) is 5. The Hall–Kier alpha value is -3.78. The molecule has 182 valence electrons. The van der Waals surface area contributed by atoms with Crippen LogP contribution in [-0.2, 0) is 17.7 Å². The van der Waals surface area contributed by atoms with E-state index in [1.165, 1.54) is 11.1 Å². The number of anilines is 3. The normalized spacial score (nSPS) is 15.6. The lowest BCUT2D eigenvalue weighted by molar-refractivity contribution is 0.111. The Bertz CT molecular complexity index is 1200. The number of ether oxygens (including phenoxy) is 1. The van der Waals surface area contributed by atoms with Crippen LogP contribution in [-0.4, -0.2) is 58.1 Å². The molecule has 0 aromatic carbocycles. The van der Waals surface area contributed by atoms with Gasteiger partial charge in [0.25, 0.3) is 5.17 Å². The Morgan fingerprint density at radius 2 is 2.23 bits per heavy atom. The van der Waals surface area contributed by atoms with Crippen molar-refractivity contribution in [1.82, 2.24) is 14.9 Å². The molecule has 2 aliphatic rings. The van der Waals surface area contributed by atoms with Crippen molar-refractivity contribution in [3.63, 3.8) is 0 Å². The molecular formula is C24H27N7O3S. The topological polar surface area (TPSA) is 123 Å². The zero-order valence-electron chi connectivity index (χ0n) is 19.7. The van der Waals surface area contributed by atoms with Crippen LogP contribution in [0.15, 0.2) is 18.3 Å². The lowest BCUT2D eigenvalue weighted by Crippen LogP contribution is -2.40. The van der Waals surface area contributed by atoms with E-state index in [1.54, 1.807) is 6.07 Å². The maximum Gasteiger partial charge on any atom is 0.328 e. The Morgan fingerprint density at radius 1 is 1.40 bits per heavy atom. The first-order valence-corrected chi connectivity index (χ1v) is 12.0. The zero-order chi connectivity index (χ0) is 24.9. The monoisotopic (exact) mass is 493 g/mol. The molecule has 0 unspecified atom stereocenters. The van der Waals surface area contributed by atoms with Gasteiger partial charge in [-0.2, -0.15) is 5.26 Å². The summed E-state index contributed by atoms with van der Waals surface area (Å²) in [5, 5.41) is 15.9. The van der Waals surface area contributed by atoms with Gasteiger partial charge in [0.05, 0.1) is 17.8 Å². The van der Waals surface area contributed by atoms with Crippen LogP contribution in [0.25, 0.3) is 0 Å². The molecule has 0 radical (unpaired) electrons. The van der Waals surface area contributed by atoms with E-state index in [0.29, 0.717) is 60.6 Å². The molecule has 0 saturated carbocycles. The molecule has 35 heavy (non-hydrogen) atoms. The van der Waals surface area contributed by atoms with Crippen molar-refractivity contribution < 1.29 is 14.3 Å². The van der Waals surface area contributed by atoms with Gasteiger partial charge in [-0.05, 0) is 50.0 Å². The third kappa shape index (κ3) is 5.33. The number of thiocarbonyl (C=S) groups is 1. The van der Waals surface area contributed by atoms with E-state index in [2.05, 4.69) is 26.7 Å². The van der Waals surface area contributed by atoms with Gasteiger partial charge in [0.2, 0.25) is 0 Å². The van der Waals surface area contributed by atoms with Crippen LogP contribution in [0, 0.1) is 11.3 Å². The van der Waals surface area contributed by atoms with Crippen LogP contribution in [0.4, 0.5) is 22.1 Å². The van der Waals surface area contributed by atoms with Crippen LogP contribution in [0.5, 0.6) is 0 Å². The molecule has 1 fully saturated rings. The smallest absolute Gasteiger partial charge is 0.328 e. The van der Waals surface area contributed by atoms with Gasteiger partial charge < -0.3 is 15.0 Å². The van der Waals surface area contributed by atoms with E-state index in [1.807, 2.05) is 24.8 Å². The van der Waals surface area contributed by atoms with Crippen LogP contribution in [0.1, 0.15) is 53.9 Å². The number of nitrogens with one attached hydrogen (secondary N) is 2. The molecule has 4 rings (SSSR count). The molecular weight excluding hydrogens is 466 g/mol. The van der Waals surface area contributed by atoms with Gasteiger partial charge in [-0.3, -0.25) is 15.0 Å². The quantitative estimate of drug-likeness (QED) is 0.441. The van der Waals surface area contributed by atoms with Crippen molar-refractivity contribution in [3.05, 3.63) is 40.7 Å². The van der Waals surface area contributed by atoms with E-state index in [9.17, 15) is 14.9 Å². The van der Waals surface area contributed by atoms with Crippen LogP contribution < -0.4 is 15.5 Å². The van der Waals surface area contributed by atoms with Crippen LogP contribution >= 0.6 is 12.2 Å². The number of hydrogen-bond acceptors (Lipinski definition) is 8. The molecule has 11 heteroatoms. The molecule has 2 N–H and O–H groups in total. The first-order chi connectivity index (χ1) is 16.9. The van der Waals surface area contributed by atoms with E-state index in [4.69, 9.17) is 17.0 Å². The number of carbonyl (C=O) groups excluding carboxylic acids is 2. The van der Waals surface area contributed by atoms with Crippen molar-refractivity contribution >= 4 is 47.0 Å². The van der Waals surface area contributed by atoms with Gasteiger partial charge in [-0.25, -0.2) is 14.8 Å². The van der Waals surface area contributed by atoms with Crippen molar-refractivity contribution in [3.8, 4) is 6.07 Å². The molecule has 4 heterocycles. The highest BCUT2D eigenvalue weighted by Gasteiger charge is 2.27. The van der Waals surface area contributed by atoms with E-state index in [-0.39, 0.29) is 11.7 Å². The highest BCUT2D eigenvalue weighted by Crippen LogP contribution is 2.29. The fraction of sp³-hybridized carbons (Fsp3) is 0.417. The lowest BCUT2D eigenvalue weighted by Gasteiger charge is -2.29. The van der Waals surface area contributed by atoms with Crippen molar-refractivity contribution in [2.24, 2.45) is 0 Å². The Morgan fingerprint density at radius 3 is 2.91 bits per heavy atom. The van der Waals surface area contributed by atoms with Crippen LogP contribution in [0.3, 0.4) is 0 Å². The number of aromatic nitrogens is 2. The molecule has 0 spiro atoms. The Kier molecular flexibility index (Phi) is 7.41. The minimum Gasteiger partial charge on any atom is -0.469 e. The molecule has 2 aromatic rings. The number of fused-ring (bicyclic) bond motifs is 1. The van der Waals surface area contributed by atoms with Crippen molar-refractivity contribution in [2.45, 2.75) is 45.7 Å². The summed E-state index contributed by atoms with van der Waals surface area (Å²) in [7, 11) is 0. The summed E-state index contributed by atoms with van der Waals surface area (Å²) in [6.07, 6.45) is 4.52. The maximum atomic E-state index is 13.2. The molecule has 2 amide bonds. The molecule has 2 aliphatic heterocycles. The number of amides is 2. The third-order valence-electron chi connectivity index (χ3n) is 6.11. The standard InChI is InChI=1S/C24H27N7O3S/c1-3-15(2)27-19-10-21(26-12-18(19)11-25)29-23(33)31-6-4-5-16-9-17(20(14-32)28-22(16)31)13-30-7-8-34-24(30)35/h9-10,12,14-15H,3-8,13H2,1-2H3,(H2,26,27,29,33)/t15-/m1/s1. The molecule has 10 nitrogen and oxygen atoms in total. The molecule has 0 aliphatic carbocycles. The minimum atomic E-state index is -0.399. The lowest BCUT2D eigenvalue weighted by atomic mass is 10.0. The number of hydrogen-bond donors (Lipinski definition) is 2.